The van der Waals surface area contributed by atoms with Gasteiger partial charge in [-0.3, -0.25) is 14.9 Å². The van der Waals surface area contributed by atoms with E-state index in [4.69, 9.17) is 21.1 Å². The van der Waals surface area contributed by atoms with Crippen LogP contribution in [0.15, 0.2) is 78.9 Å². The van der Waals surface area contributed by atoms with Crippen molar-refractivity contribution in [1.29, 1.82) is 0 Å². The summed E-state index contributed by atoms with van der Waals surface area (Å²) in [4.78, 5) is 36.3. The zero-order valence-electron chi connectivity index (χ0n) is 15.8. The molecular weight excluding hydrogens is 406 g/mol. The van der Waals surface area contributed by atoms with Crippen molar-refractivity contribution in [3.8, 4) is 5.75 Å². The molecular formula is C23H18ClNO5. The van der Waals surface area contributed by atoms with E-state index in [1.54, 1.807) is 60.7 Å². The second kappa shape index (κ2) is 10.2. The Hall–Kier alpha value is -3.64. The monoisotopic (exact) mass is 423 g/mol. The maximum Gasteiger partial charge on any atom is 0.342 e. The molecule has 152 valence electrons. The third kappa shape index (κ3) is 5.93. The molecule has 0 spiro atoms. The molecule has 0 aliphatic rings. The van der Waals surface area contributed by atoms with E-state index in [1.807, 2.05) is 12.1 Å². The summed E-state index contributed by atoms with van der Waals surface area (Å²) in [7, 11) is 0. The zero-order valence-corrected chi connectivity index (χ0v) is 16.6. The van der Waals surface area contributed by atoms with Gasteiger partial charge in [0.25, 0.3) is 11.8 Å². The van der Waals surface area contributed by atoms with Gasteiger partial charge in [0.2, 0.25) is 0 Å². The molecule has 0 atom stereocenters. The molecule has 0 bridgehead atoms. The summed E-state index contributed by atoms with van der Waals surface area (Å²) in [6, 6.07) is 21.9. The number of esters is 1. The van der Waals surface area contributed by atoms with Crippen molar-refractivity contribution in [2.45, 2.75) is 6.61 Å². The van der Waals surface area contributed by atoms with Gasteiger partial charge in [0.1, 0.15) is 17.9 Å². The number of carbonyl (C=O) groups is 3. The summed E-state index contributed by atoms with van der Waals surface area (Å²) in [6.45, 7) is -0.365. The maximum absolute atomic E-state index is 12.4. The highest BCUT2D eigenvalue weighted by Gasteiger charge is 2.17. The highest BCUT2D eigenvalue weighted by Crippen LogP contribution is 2.21. The average Bonchev–Trinajstić information content (AvgIpc) is 2.78. The fourth-order valence-electron chi connectivity index (χ4n) is 2.54. The van der Waals surface area contributed by atoms with Crippen LogP contribution in [0, 0.1) is 0 Å². The lowest BCUT2D eigenvalue weighted by atomic mass is 10.2. The minimum Gasteiger partial charge on any atom is -0.488 e. The number of ether oxygens (including phenoxy) is 2. The van der Waals surface area contributed by atoms with Crippen LogP contribution in [0.5, 0.6) is 5.75 Å². The summed E-state index contributed by atoms with van der Waals surface area (Å²) in [5, 5.41) is 2.79. The van der Waals surface area contributed by atoms with Gasteiger partial charge < -0.3 is 9.47 Å². The predicted molar refractivity (Wildman–Crippen MR) is 111 cm³/mol. The number of nitrogens with one attached hydrogen (secondary N) is 1. The standard InChI is InChI=1S/C23H18ClNO5/c24-18-12-10-16(11-13-18)14-29-20-9-5-4-8-19(20)23(28)30-15-21(26)25-22(27)17-6-2-1-3-7-17/h1-13H,14-15H2,(H,25,26,27). The first-order valence-electron chi connectivity index (χ1n) is 9.05. The molecule has 0 heterocycles. The second-order valence-corrected chi connectivity index (χ2v) is 6.67. The topological polar surface area (TPSA) is 81.7 Å². The van der Waals surface area contributed by atoms with Gasteiger partial charge in [0, 0.05) is 10.6 Å². The van der Waals surface area contributed by atoms with Crippen LogP contribution in [0.25, 0.3) is 0 Å². The lowest BCUT2D eigenvalue weighted by molar-refractivity contribution is -0.123. The lowest BCUT2D eigenvalue weighted by Crippen LogP contribution is -2.34. The highest BCUT2D eigenvalue weighted by atomic mass is 35.5. The third-order valence-electron chi connectivity index (χ3n) is 4.04. The van der Waals surface area contributed by atoms with Crippen molar-refractivity contribution in [2.75, 3.05) is 6.61 Å². The van der Waals surface area contributed by atoms with E-state index in [-0.39, 0.29) is 12.2 Å². The van der Waals surface area contributed by atoms with Crippen molar-refractivity contribution in [2.24, 2.45) is 0 Å². The Labute approximate surface area is 178 Å². The van der Waals surface area contributed by atoms with E-state index < -0.39 is 24.4 Å². The SMILES string of the molecule is O=C(COC(=O)c1ccccc1OCc1ccc(Cl)cc1)NC(=O)c1ccccc1. The molecule has 3 aromatic rings. The molecule has 30 heavy (non-hydrogen) atoms. The van der Waals surface area contributed by atoms with Crippen LogP contribution in [-0.4, -0.2) is 24.4 Å². The number of hydrogen-bond acceptors (Lipinski definition) is 5. The van der Waals surface area contributed by atoms with Crippen molar-refractivity contribution in [3.63, 3.8) is 0 Å². The Kier molecular flexibility index (Phi) is 7.19. The molecule has 6 nitrogen and oxygen atoms in total. The summed E-state index contributed by atoms with van der Waals surface area (Å²) in [6.07, 6.45) is 0. The Balaban J connectivity index is 1.55. The molecule has 7 heteroatoms. The third-order valence-corrected chi connectivity index (χ3v) is 4.29. The fraction of sp³-hybridized carbons (Fsp3) is 0.0870. The van der Waals surface area contributed by atoms with Gasteiger partial charge in [-0.25, -0.2) is 4.79 Å². The van der Waals surface area contributed by atoms with E-state index in [0.717, 1.165) is 5.56 Å². The number of halogens is 1. The number of benzene rings is 3. The lowest BCUT2D eigenvalue weighted by Gasteiger charge is -2.11. The van der Waals surface area contributed by atoms with Gasteiger partial charge in [-0.15, -0.1) is 0 Å². The van der Waals surface area contributed by atoms with Crippen LogP contribution in [0.1, 0.15) is 26.3 Å². The molecule has 0 aromatic heterocycles. The van der Waals surface area contributed by atoms with E-state index in [2.05, 4.69) is 5.32 Å². The molecule has 1 N–H and O–H groups in total. The molecule has 0 aliphatic carbocycles. The van der Waals surface area contributed by atoms with Crippen LogP contribution in [-0.2, 0) is 16.1 Å². The van der Waals surface area contributed by atoms with E-state index in [9.17, 15) is 14.4 Å². The smallest absolute Gasteiger partial charge is 0.342 e. The van der Waals surface area contributed by atoms with Crippen LogP contribution >= 0.6 is 11.6 Å². The van der Waals surface area contributed by atoms with Crippen molar-refractivity contribution in [3.05, 3.63) is 101 Å². The molecule has 3 aromatic carbocycles. The number of carbonyl (C=O) groups excluding carboxylic acids is 3. The van der Waals surface area contributed by atoms with E-state index in [0.29, 0.717) is 16.3 Å². The second-order valence-electron chi connectivity index (χ2n) is 6.23. The van der Waals surface area contributed by atoms with Crippen molar-refractivity contribution < 1.29 is 23.9 Å². The predicted octanol–water partition coefficient (Wildman–Crippen LogP) is 4.03. The van der Waals surface area contributed by atoms with Crippen LogP contribution in [0.4, 0.5) is 0 Å². The molecule has 0 fully saturated rings. The number of para-hydroxylation sites is 1. The summed E-state index contributed by atoms with van der Waals surface area (Å²) >= 11 is 5.87. The van der Waals surface area contributed by atoms with Crippen LogP contribution in [0.3, 0.4) is 0 Å². The number of hydrogen-bond donors (Lipinski definition) is 1. The Morgan fingerprint density at radius 3 is 2.23 bits per heavy atom. The molecule has 2 amide bonds. The van der Waals surface area contributed by atoms with Crippen molar-refractivity contribution >= 4 is 29.4 Å². The number of amides is 2. The molecule has 0 aliphatic heterocycles. The van der Waals surface area contributed by atoms with E-state index >= 15 is 0 Å². The van der Waals surface area contributed by atoms with Gasteiger partial charge in [-0.05, 0) is 42.0 Å². The Morgan fingerprint density at radius 1 is 0.833 bits per heavy atom. The summed E-state index contributed by atoms with van der Waals surface area (Å²) in [5.41, 5.74) is 1.38. The zero-order chi connectivity index (χ0) is 21.3. The normalized spacial score (nSPS) is 10.2. The molecule has 0 radical (unpaired) electrons. The van der Waals surface area contributed by atoms with Gasteiger partial charge >= 0.3 is 5.97 Å². The highest BCUT2D eigenvalue weighted by molar-refractivity contribution is 6.30. The van der Waals surface area contributed by atoms with Gasteiger partial charge in [-0.2, -0.15) is 0 Å². The van der Waals surface area contributed by atoms with Crippen molar-refractivity contribution in [1.82, 2.24) is 5.32 Å². The first-order chi connectivity index (χ1) is 14.5. The fourth-order valence-corrected chi connectivity index (χ4v) is 2.66. The molecule has 3 rings (SSSR count). The quantitative estimate of drug-likeness (QED) is 0.580. The van der Waals surface area contributed by atoms with Gasteiger partial charge in [0.05, 0.1) is 0 Å². The largest absolute Gasteiger partial charge is 0.488 e. The molecule has 0 saturated heterocycles. The van der Waals surface area contributed by atoms with Gasteiger partial charge in [0.15, 0.2) is 6.61 Å². The maximum atomic E-state index is 12.4. The Morgan fingerprint density at radius 2 is 1.50 bits per heavy atom. The molecule has 0 unspecified atom stereocenters. The first kappa shape index (κ1) is 21.1. The minimum absolute atomic E-state index is 0.175. The number of imide groups is 1. The van der Waals surface area contributed by atoms with Crippen LogP contribution in [0.2, 0.25) is 5.02 Å². The average molecular weight is 424 g/mol. The number of rotatable bonds is 7. The first-order valence-corrected chi connectivity index (χ1v) is 9.43. The minimum atomic E-state index is -0.732. The molecule has 0 saturated carbocycles. The van der Waals surface area contributed by atoms with Crippen LogP contribution < -0.4 is 10.1 Å². The van der Waals surface area contributed by atoms with Gasteiger partial charge in [-0.1, -0.05) is 54.1 Å². The van der Waals surface area contributed by atoms with E-state index in [1.165, 1.54) is 6.07 Å². The summed E-state index contributed by atoms with van der Waals surface area (Å²) in [5.74, 6) is -1.71. The Bertz CT molecular complexity index is 1030. The summed E-state index contributed by atoms with van der Waals surface area (Å²) < 4.78 is 10.7.